The molecule has 4 N–H and O–H groups in total. The number of aliphatic hydroxyl groups is 2. The monoisotopic (exact) mass is 271 g/mol. The first-order valence-electron chi connectivity index (χ1n) is 5.20. The van der Waals surface area contributed by atoms with Gasteiger partial charge in [-0.15, -0.1) is 0 Å². The third-order valence-electron chi connectivity index (χ3n) is 2.43. The number of nitro groups is 1. The van der Waals surface area contributed by atoms with Gasteiger partial charge in [0.1, 0.15) is 0 Å². The van der Waals surface area contributed by atoms with Crippen molar-refractivity contribution in [1.82, 2.24) is 4.98 Å². The Bertz CT molecular complexity index is 500. The number of rotatable bonds is 6. The van der Waals surface area contributed by atoms with Crippen LogP contribution in [0.25, 0.3) is 0 Å². The maximum atomic E-state index is 10.9. The minimum Gasteiger partial charge on any atom is -0.478 e. The summed E-state index contributed by atoms with van der Waals surface area (Å²) in [4.78, 5) is 24.4. The van der Waals surface area contributed by atoms with Crippen molar-refractivity contribution in [2.75, 3.05) is 18.5 Å². The highest BCUT2D eigenvalue weighted by Gasteiger charge is 2.27. The van der Waals surface area contributed by atoms with Crippen LogP contribution in [0.15, 0.2) is 12.3 Å². The van der Waals surface area contributed by atoms with E-state index in [-0.39, 0.29) is 11.4 Å². The first-order valence-corrected chi connectivity index (χ1v) is 5.20. The first-order chi connectivity index (χ1) is 8.83. The van der Waals surface area contributed by atoms with Gasteiger partial charge in [0, 0.05) is 12.3 Å². The van der Waals surface area contributed by atoms with Gasteiger partial charge in [0.15, 0.2) is 0 Å². The fourth-order valence-corrected chi connectivity index (χ4v) is 1.22. The van der Waals surface area contributed by atoms with Crippen LogP contribution in [0, 0.1) is 10.1 Å². The second-order valence-corrected chi connectivity index (χ2v) is 4.16. The summed E-state index contributed by atoms with van der Waals surface area (Å²) in [6, 6.07) is 0.854. The van der Waals surface area contributed by atoms with Gasteiger partial charge in [0.25, 0.3) is 0 Å². The Morgan fingerprint density at radius 1 is 1.53 bits per heavy atom. The lowest BCUT2D eigenvalue weighted by Gasteiger charge is -2.26. The first kappa shape index (κ1) is 14.8. The highest BCUT2D eigenvalue weighted by atomic mass is 16.6. The van der Waals surface area contributed by atoms with Crippen LogP contribution in [0.1, 0.15) is 17.3 Å². The van der Waals surface area contributed by atoms with Crippen molar-refractivity contribution in [1.29, 1.82) is 0 Å². The van der Waals surface area contributed by atoms with Crippen molar-refractivity contribution in [2.24, 2.45) is 0 Å². The molecule has 0 aliphatic heterocycles. The van der Waals surface area contributed by atoms with E-state index in [1.807, 2.05) is 0 Å². The Labute approximate surface area is 107 Å². The molecule has 0 bridgehead atoms. The highest BCUT2D eigenvalue weighted by molar-refractivity contribution is 5.88. The van der Waals surface area contributed by atoms with Crippen LogP contribution in [-0.2, 0) is 0 Å². The molecule has 19 heavy (non-hydrogen) atoms. The van der Waals surface area contributed by atoms with E-state index < -0.39 is 35.3 Å². The maximum absolute atomic E-state index is 10.9. The molecule has 0 saturated heterocycles. The molecule has 1 aromatic rings. The molecule has 0 saturated carbocycles. The molecule has 104 valence electrons. The van der Waals surface area contributed by atoms with E-state index in [0.717, 1.165) is 12.3 Å². The van der Waals surface area contributed by atoms with Gasteiger partial charge in [-0.2, -0.15) is 0 Å². The molecule has 9 heteroatoms. The quantitative estimate of drug-likeness (QED) is 0.412. The summed E-state index contributed by atoms with van der Waals surface area (Å²) < 4.78 is 0. The Morgan fingerprint density at radius 3 is 2.53 bits per heavy atom. The third kappa shape index (κ3) is 3.36. The van der Waals surface area contributed by atoms with Crippen LogP contribution < -0.4 is 5.32 Å². The highest BCUT2D eigenvalue weighted by Crippen LogP contribution is 2.25. The molecule has 1 aromatic heterocycles. The van der Waals surface area contributed by atoms with Crippen molar-refractivity contribution >= 4 is 17.5 Å². The van der Waals surface area contributed by atoms with Crippen molar-refractivity contribution < 1.29 is 25.0 Å². The number of carbonyl (C=O) groups is 1. The van der Waals surface area contributed by atoms with Crippen LogP contribution in [0.4, 0.5) is 11.5 Å². The molecule has 0 unspecified atom stereocenters. The van der Waals surface area contributed by atoms with Gasteiger partial charge in [-0.25, -0.2) is 9.78 Å². The van der Waals surface area contributed by atoms with Gasteiger partial charge in [0.05, 0.1) is 29.2 Å². The largest absolute Gasteiger partial charge is 0.478 e. The number of hydrogen-bond donors (Lipinski definition) is 4. The average Bonchev–Trinajstić information content (AvgIpc) is 2.38. The second-order valence-electron chi connectivity index (χ2n) is 4.16. The minimum atomic E-state index is -1.34. The summed E-state index contributed by atoms with van der Waals surface area (Å²) in [6.07, 6.45) is 0.951. The Balaban J connectivity index is 3.21. The van der Waals surface area contributed by atoms with E-state index >= 15 is 0 Å². The zero-order valence-electron chi connectivity index (χ0n) is 10.0. The molecule has 1 heterocycles. The van der Waals surface area contributed by atoms with E-state index in [2.05, 4.69) is 10.3 Å². The number of aromatic nitrogens is 1. The minimum absolute atomic E-state index is 0.222. The third-order valence-corrected chi connectivity index (χ3v) is 2.43. The fourth-order valence-electron chi connectivity index (χ4n) is 1.22. The number of pyridine rings is 1. The zero-order chi connectivity index (χ0) is 14.6. The normalized spacial score (nSPS) is 11.1. The van der Waals surface area contributed by atoms with Gasteiger partial charge in [0.2, 0.25) is 5.82 Å². The van der Waals surface area contributed by atoms with Crippen molar-refractivity contribution in [3.05, 3.63) is 27.9 Å². The smallest absolute Gasteiger partial charge is 0.337 e. The molecule has 0 aliphatic rings. The molecule has 0 aliphatic carbocycles. The van der Waals surface area contributed by atoms with E-state index in [9.17, 15) is 14.9 Å². The topological polar surface area (TPSA) is 146 Å². The predicted molar refractivity (Wildman–Crippen MR) is 64.1 cm³/mol. The van der Waals surface area contributed by atoms with Crippen LogP contribution >= 0.6 is 0 Å². The van der Waals surface area contributed by atoms with Crippen LogP contribution in [0.2, 0.25) is 0 Å². The number of carboxylic acid groups (broad SMARTS) is 1. The van der Waals surface area contributed by atoms with Crippen molar-refractivity contribution in [2.45, 2.75) is 12.5 Å². The van der Waals surface area contributed by atoms with Gasteiger partial charge < -0.3 is 20.6 Å². The van der Waals surface area contributed by atoms with Crippen LogP contribution in [-0.4, -0.2) is 49.9 Å². The summed E-state index contributed by atoms with van der Waals surface area (Å²) in [6.45, 7) is 0.468. The van der Waals surface area contributed by atoms with Crippen LogP contribution in [0.3, 0.4) is 0 Å². The maximum Gasteiger partial charge on any atom is 0.337 e. The summed E-state index contributed by atoms with van der Waals surface area (Å²) in [5.41, 5.74) is -2.08. The standard InChI is InChI=1S/C10H13N3O6/c1-10(4-14,5-15)12-8-7(13(18)19)2-6(3-11-8)9(16)17/h2-3,14-15H,4-5H2,1H3,(H,11,12)(H,16,17). The molecule has 0 fully saturated rings. The SMILES string of the molecule is CC(CO)(CO)Nc1ncc(C(=O)O)cc1[N+](=O)[O-]. The fraction of sp³-hybridized carbons (Fsp3) is 0.400. The molecule has 0 atom stereocenters. The lowest BCUT2D eigenvalue weighted by molar-refractivity contribution is -0.384. The lowest BCUT2D eigenvalue weighted by Crippen LogP contribution is -2.43. The molecular formula is C10H13N3O6. The molecule has 9 nitrogen and oxygen atoms in total. The number of aliphatic hydroxyl groups excluding tert-OH is 2. The molecular weight excluding hydrogens is 258 g/mol. The molecule has 0 spiro atoms. The van der Waals surface area contributed by atoms with E-state index in [1.165, 1.54) is 6.92 Å². The van der Waals surface area contributed by atoms with Gasteiger partial charge in [-0.05, 0) is 6.92 Å². The second kappa shape index (κ2) is 5.59. The number of aromatic carboxylic acids is 1. The predicted octanol–water partition coefficient (Wildman–Crippen LogP) is -0.157. The van der Waals surface area contributed by atoms with Gasteiger partial charge in [-0.3, -0.25) is 10.1 Å². The number of nitrogens with one attached hydrogen (secondary N) is 1. The molecule has 1 rings (SSSR count). The molecule has 0 aromatic carbocycles. The Morgan fingerprint density at radius 2 is 2.11 bits per heavy atom. The van der Waals surface area contributed by atoms with Gasteiger partial charge in [-0.1, -0.05) is 0 Å². The van der Waals surface area contributed by atoms with E-state index in [0.29, 0.717) is 0 Å². The summed E-state index contributed by atoms with van der Waals surface area (Å²) in [5.74, 6) is -1.56. The van der Waals surface area contributed by atoms with Crippen molar-refractivity contribution in [3.63, 3.8) is 0 Å². The number of carboxylic acids is 1. The summed E-state index contributed by atoms with van der Waals surface area (Å²) >= 11 is 0. The van der Waals surface area contributed by atoms with E-state index in [1.54, 1.807) is 0 Å². The van der Waals surface area contributed by atoms with Crippen molar-refractivity contribution in [3.8, 4) is 0 Å². The van der Waals surface area contributed by atoms with Gasteiger partial charge >= 0.3 is 11.7 Å². The Hall–Kier alpha value is -2.26. The number of nitrogens with zero attached hydrogens (tertiary/aromatic N) is 2. The lowest BCUT2D eigenvalue weighted by atomic mass is 10.1. The molecule has 0 radical (unpaired) electrons. The number of anilines is 1. The van der Waals surface area contributed by atoms with Crippen LogP contribution in [0.5, 0.6) is 0 Å². The summed E-state index contributed by atoms with van der Waals surface area (Å²) in [7, 11) is 0. The number of hydrogen-bond acceptors (Lipinski definition) is 7. The zero-order valence-corrected chi connectivity index (χ0v) is 10.0. The molecule has 0 amide bonds. The summed E-state index contributed by atoms with van der Waals surface area (Å²) in [5, 5.41) is 40.3. The Kier molecular flexibility index (Phi) is 4.35. The average molecular weight is 271 g/mol. The van der Waals surface area contributed by atoms with E-state index in [4.69, 9.17) is 15.3 Å².